The summed E-state index contributed by atoms with van der Waals surface area (Å²) in [4.78, 5) is 14.7. The molecule has 1 fully saturated rings. The van der Waals surface area contributed by atoms with E-state index in [-0.39, 0.29) is 5.91 Å². The fraction of sp³-hybridized carbons (Fsp3) is 0.409. The van der Waals surface area contributed by atoms with Crippen molar-refractivity contribution in [3.05, 3.63) is 48.4 Å². The Balaban J connectivity index is 1.54. The first-order valence-corrected chi connectivity index (χ1v) is 11.1. The number of methoxy groups -OCH3 is 1. The molecule has 3 aromatic rings. The van der Waals surface area contributed by atoms with E-state index in [1.807, 2.05) is 45.9 Å². The summed E-state index contributed by atoms with van der Waals surface area (Å²) in [7, 11) is 1.64. The summed E-state index contributed by atoms with van der Waals surface area (Å²) in [6, 6.07) is 11.5. The van der Waals surface area contributed by atoms with E-state index in [9.17, 15) is 4.79 Å². The normalized spacial score (nSPS) is 16.6. The molecular formula is C22H26N4O3S. The summed E-state index contributed by atoms with van der Waals surface area (Å²) in [5, 5.41) is 9.49. The van der Waals surface area contributed by atoms with Gasteiger partial charge in [-0.3, -0.25) is 9.36 Å². The lowest BCUT2D eigenvalue weighted by Gasteiger charge is -2.30. The maximum absolute atomic E-state index is 12.7. The van der Waals surface area contributed by atoms with Crippen LogP contribution in [0.5, 0.6) is 5.75 Å². The minimum absolute atomic E-state index is 0.157. The van der Waals surface area contributed by atoms with Gasteiger partial charge in [-0.15, -0.1) is 10.2 Å². The Morgan fingerprint density at radius 1 is 1.27 bits per heavy atom. The van der Waals surface area contributed by atoms with Crippen molar-refractivity contribution in [3.63, 3.8) is 0 Å². The first kappa shape index (κ1) is 20.5. The van der Waals surface area contributed by atoms with Gasteiger partial charge in [-0.05, 0) is 55.2 Å². The molecule has 4 rings (SSSR count). The van der Waals surface area contributed by atoms with E-state index in [0.717, 1.165) is 42.4 Å². The quantitative estimate of drug-likeness (QED) is 0.533. The number of furan rings is 1. The van der Waals surface area contributed by atoms with Crippen molar-refractivity contribution >= 4 is 17.7 Å². The number of aromatic nitrogens is 3. The third-order valence-corrected chi connectivity index (χ3v) is 6.25. The van der Waals surface area contributed by atoms with Gasteiger partial charge in [-0.25, -0.2) is 0 Å². The predicted molar refractivity (Wildman–Crippen MR) is 116 cm³/mol. The minimum atomic E-state index is 0.157. The molecule has 30 heavy (non-hydrogen) atoms. The molecule has 3 heterocycles. The second kappa shape index (κ2) is 9.38. The highest BCUT2D eigenvalue weighted by molar-refractivity contribution is 7.99. The van der Waals surface area contributed by atoms with Crippen LogP contribution in [-0.4, -0.2) is 51.5 Å². The number of carbonyl (C=O) groups excluding carboxylic acids is 1. The van der Waals surface area contributed by atoms with Crippen molar-refractivity contribution < 1.29 is 13.9 Å². The molecule has 2 aromatic heterocycles. The molecule has 1 aromatic carbocycles. The van der Waals surface area contributed by atoms with Gasteiger partial charge in [0, 0.05) is 18.7 Å². The van der Waals surface area contributed by atoms with Crippen LogP contribution in [0.1, 0.15) is 25.5 Å². The number of likely N-dealkylation sites (tertiary alicyclic amines) is 1. The van der Waals surface area contributed by atoms with Crippen molar-refractivity contribution in [2.24, 2.45) is 5.92 Å². The zero-order valence-electron chi connectivity index (χ0n) is 17.3. The number of nitrogens with zero attached hydrogens (tertiary/aromatic N) is 4. The van der Waals surface area contributed by atoms with Gasteiger partial charge in [0.1, 0.15) is 11.5 Å². The van der Waals surface area contributed by atoms with Crippen molar-refractivity contribution in [2.45, 2.75) is 31.5 Å². The highest BCUT2D eigenvalue weighted by Gasteiger charge is 2.22. The number of hydrogen-bond acceptors (Lipinski definition) is 6. The number of amides is 1. The Hall–Kier alpha value is -2.74. The van der Waals surface area contributed by atoms with E-state index >= 15 is 0 Å². The summed E-state index contributed by atoms with van der Waals surface area (Å²) < 4.78 is 12.8. The van der Waals surface area contributed by atoms with Crippen LogP contribution in [0.3, 0.4) is 0 Å². The van der Waals surface area contributed by atoms with E-state index in [1.165, 1.54) is 18.2 Å². The molecule has 7 nitrogen and oxygen atoms in total. The number of thioether (sulfide) groups is 1. The first-order valence-electron chi connectivity index (χ1n) is 10.1. The maximum Gasteiger partial charge on any atom is 0.233 e. The van der Waals surface area contributed by atoms with Crippen LogP contribution in [0.15, 0.2) is 52.2 Å². The molecule has 1 aliphatic heterocycles. The molecule has 0 spiro atoms. The third kappa shape index (κ3) is 4.70. The predicted octanol–water partition coefficient (Wildman–Crippen LogP) is 3.95. The molecule has 0 saturated carbocycles. The molecule has 158 valence electrons. The van der Waals surface area contributed by atoms with Gasteiger partial charge < -0.3 is 14.1 Å². The number of benzene rings is 1. The summed E-state index contributed by atoms with van der Waals surface area (Å²) >= 11 is 1.43. The van der Waals surface area contributed by atoms with E-state index in [1.54, 1.807) is 13.4 Å². The largest absolute Gasteiger partial charge is 0.497 e. The number of ether oxygens (including phenoxy) is 1. The molecular weight excluding hydrogens is 400 g/mol. The van der Waals surface area contributed by atoms with Gasteiger partial charge in [-0.1, -0.05) is 18.7 Å². The molecule has 1 atom stereocenters. The standard InChI is InChI=1S/C22H26N4O3S/c1-16-5-3-11-25(13-16)20(27)15-30-22-24-23-21(17-7-9-18(28-2)10-8-17)26(22)14-19-6-4-12-29-19/h4,6-10,12,16H,3,5,11,13-15H2,1-2H3. The van der Waals surface area contributed by atoms with Gasteiger partial charge in [0.15, 0.2) is 11.0 Å². The second-order valence-electron chi connectivity index (χ2n) is 7.58. The second-order valence-corrected chi connectivity index (χ2v) is 8.52. The van der Waals surface area contributed by atoms with Crippen molar-refractivity contribution in [3.8, 4) is 17.1 Å². The average molecular weight is 427 g/mol. The third-order valence-electron chi connectivity index (χ3n) is 5.29. The van der Waals surface area contributed by atoms with Gasteiger partial charge in [0.2, 0.25) is 5.91 Å². The summed E-state index contributed by atoms with van der Waals surface area (Å²) in [5.41, 5.74) is 0.929. The lowest BCUT2D eigenvalue weighted by molar-refractivity contribution is -0.130. The van der Waals surface area contributed by atoms with Gasteiger partial charge in [0.05, 0.1) is 25.7 Å². The van der Waals surface area contributed by atoms with Crippen LogP contribution in [0.25, 0.3) is 11.4 Å². The van der Waals surface area contributed by atoms with Crippen LogP contribution in [-0.2, 0) is 11.3 Å². The fourth-order valence-electron chi connectivity index (χ4n) is 3.68. The summed E-state index contributed by atoms with van der Waals surface area (Å²) in [6.07, 6.45) is 3.92. The van der Waals surface area contributed by atoms with Gasteiger partial charge in [-0.2, -0.15) is 0 Å². The van der Waals surface area contributed by atoms with Crippen LogP contribution in [0.4, 0.5) is 0 Å². The van der Waals surface area contributed by atoms with Crippen LogP contribution >= 0.6 is 11.8 Å². The van der Waals surface area contributed by atoms with Crippen LogP contribution in [0, 0.1) is 5.92 Å². The Morgan fingerprint density at radius 3 is 2.80 bits per heavy atom. The molecule has 1 aliphatic rings. The lowest BCUT2D eigenvalue weighted by Crippen LogP contribution is -2.40. The molecule has 0 aliphatic carbocycles. The minimum Gasteiger partial charge on any atom is -0.497 e. The zero-order valence-corrected chi connectivity index (χ0v) is 18.1. The number of piperidine rings is 1. The fourth-order valence-corrected chi connectivity index (χ4v) is 4.52. The number of hydrogen-bond donors (Lipinski definition) is 0. The van der Waals surface area contributed by atoms with Crippen molar-refractivity contribution in [1.29, 1.82) is 0 Å². The highest BCUT2D eigenvalue weighted by Crippen LogP contribution is 2.27. The first-order chi connectivity index (χ1) is 14.6. The van der Waals surface area contributed by atoms with Gasteiger partial charge in [0.25, 0.3) is 0 Å². The van der Waals surface area contributed by atoms with Crippen LogP contribution < -0.4 is 4.74 Å². The Labute approximate surface area is 180 Å². The Kier molecular flexibility index (Phi) is 6.42. The summed E-state index contributed by atoms with van der Waals surface area (Å²) in [6.45, 7) is 4.39. The van der Waals surface area contributed by atoms with Crippen molar-refractivity contribution in [2.75, 3.05) is 26.0 Å². The molecule has 1 amide bonds. The number of carbonyl (C=O) groups is 1. The lowest BCUT2D eigenvalue weighted by atomic mass is 10.0. The van der Waals surface area contributed by atoms with E-state index < -0.39 is 0 Å². The summed E-state index contributed by atoms with van der Waals surface area (Å²) in [5.74, 6) is 3.40. The Morgan fingerprint density at radius 2 is 2.10 bits per heavy atom. The molecule has 0 N–H and O–H groups in total. The molecule has 8 heteroatoms. The highest BCUT2D eigenvalue weighted by atomic mass is 32.2. The van der Waals surface area contributed by atoms with Crippen molar-refractivity contribution in [1.82, 2.24) is 19.7 Å². The number of rotatable bonds is 7. The maximum atomic E-state index is 12.7. The van der Waals surface area contributed by atoms with E-state index in [2.05, 4.69) is 17.1 Å². The SMILES string of the molecule is COc1ccc(-c2nnc(SCC(=O)N3CCCC(C)C3)n2Cc2ccco2)cc1. The molecule has 1 unspecified atom stereocenters. The molecule has 0 radical (unpaired) electrons. The molecule has 1 saturated heterocycles. The average Bonchev–Trinajstić information content (AvgIpc) is 3.42. The Bertz CT molecular complexity index is 969. The van der Waals surface area contributed by atoms with Crippen LogP contribution in [0.2, 0.25) is 0 Å². The monoisotopic (exact) mass is 426 g/mol. The topological polar surface area (TPSA) is 73.4 Å². The van der Waals surface area contributed by atoms with Gasteiger partial charge >= 0.3 is 0 Å². The van der Waals surface area contributed by atoms with E-state index in [0.29, 0.717) is 23.4 Å². The zero-order chi connectivity index (χ0) is 20.9. The van der Waals surface area contributed by atoms with E-state index in [4.69, 9.17) is 9.15 Å². The molecule has 0 bridgehead atoms. The smallest absolute Gasteiger partial charge is 0.233 e.